The van der Waals surface area contributed by atoms with Gasteiger partial charge in [0.1, 0.15) is 6.61 Å². The number of nitrogens with zero attached hydrogens (tertiary/aromatic N) is 2. The Bertz CT molecular complexity index is 430. The van der Waals surface area contributed by atoms with Crippen molar-refractivity contribution in [1.82, 2.24) is 10.1 Å². The number of carbonyl (C=O) groups excluding carboxylic acids is 1. The summed E-state index contributed by atoms with van der Waals surface area (Å²) >= 11 is 3.43. The van der Waals surface area contributed by atoms with Gasteiger partial charge in [-0.25, -0.2) is 0 Å². The molecule has 6 heteroatoms. The minimum atomic E-state index is -0.0394. The Morgan fingerprint density at radius 1 is 1.50 bits per heavy atom. The zero-order chi connectivity index (χ0) is 14.4. The average Bonchev–Trinajstić information content (AvgIpc) is 2.94. The maximum Gasteiger partial charge on any atom is 0.276 e. The van der Waals surface area contributed by atoms with Gasteiger partial charge in [0.05, 0.1) is 0 Å². The van der Waals surface area contributed by atoms with Crippen LogP contribution in [-0.4, -0.2) is 41.0 Å². The van der Waals surface area contributed by atoms with E-state index < -0.39 is 0 Å². The molecule has 1 aromatic rings. The van der Waals surface area contributed by atoms with Crippen LogP contribution in [-0.2, 0) is 11.3 Å². The molecule has 0 aromatic carbocycles. The van der Waals surface area contributed by atoms with Crippen molar-refractivity contribution in [3.63, 3.8) is 0 Å². The van der Waals surface area contributed by atoms with Crippen molar-refractivity contribution in [3.8, 4) is 0 Å². The monoisotopic (exact) mass is 344 g/mol. The van der Waals surface area contributed by atoms with Gasteiger partial charge in [0.25, 0.3) is 5.91 Å². The maximum atomic E-state index is 12.6. The minimum Gasteiger partial charge on any atom is -0.377 e. The molecular weight excluding hydrogens is 324 g/mol. The topological polar surface area (TPSA) is 55.6 Å². The van der Waals surface area contributed by atoms with Gasteiger partial charge in [-0.05, 0) is 12.8 Å². The van der Waals surface area contributed by atoms with E-state index in [1.807, 2.05) is 4.90 Å². The largest absolute Gasteiger partial charge is 0.377 e. The first-order chi connectivity index (χ1) is 9.76. The molecule has 0 aliphatic heterocycles. The van der Waals surface area contributed by atoms with Crippen LogP contribution in [0.4, 0.5) is 0 Å². The summed E-state index contributed by atoms with van der Waals surface area (Å²) in [5.74, 6) is 0.542. The number of hydrogen-bond acceptors (Lipinski definition) is 4. The minimum absolute atomic E-state index is 0.0394. The first kappa shape index (κ1) is 15.5. The van der Waals surface area contributed by atoms with Gasteiger partial charge < -0.3 is 14.2 Å². The molecule has 0 N–H and O–H groups in total. The summed E-state index contributed by atoms with van der Waals surface area (Å²) in [5, 5.41) is 4.65. The fourth-order valence-corrected chi connectivity index (χ4v) is 3.09. The van der Waals surface area contributed by atoms with Gasteiger partial charge >= 0.3 is 0 Å². The van der Waals surface area contributed by atoms with E-state index in [0.29, 0.717) is 30.6 Å². The van der Waals surface area contributed by atoms with Crippen molar-refractivity contribution < 1.29 is 14.1 Å². The van der Waals surface area contributed by atoms with E-state index in [0.717, 1.165) is 18.2 Å². The van der Waals surface area contributed by atoms with Gasteiger partial charge in [-0.3, -0.25) is 4.79 Å². The van der Waals surface area contributed by atoms with Crippen LogP contribution < -0.4 is 0 Å². The molecule has 1 heterocycles. The van der Waals surface area contributed by atoms with Gasteiger partial charge in [0, 0.05) is 31.1 Å². The van der Waals surface area contributed by atoms with Crippen LogP contribution in [0.2, 0.25) is 0 Å². The standard InChI is InChI=1S/C14H21BrN2O3/c1-19-10-12-9-13(16-20-12)14(18)17(8-7-15)11-5-3-2-4-6-11/h9,11H,2-8,10H2,1H3. The van der Waals surface area contributed by atoms with Gasteiger partial charge in [-0.1, -0.05) is 40.3 Å². The zero-order valence-corrected chi connectivity index (χ0v) is 13.4. The van der Waals surface area contributed by atoms with Crippen LogP contribution >= 0.6 is 15.9 Å². The lowest BCUT2D eigenvalue weighted by Crippen LogP contribution is -2.42. The number of hydrogen-bond donors (Lipinski definition) is 0. The smallest absolute Gasteiger partial charge is 0.276 e. The highest BCUT2D eigenvalue weighted by Crippen LogP contribution is 2.24. The number of rotatable bonds is 6. The number of carbonyl (C=O) groups is 1. The van der Waals surface area contributed by atoms with Crippen LogP contribution in [0.1, 0.15) is 48.4 Å². The van der Waals surface area contributed by atoms with Gasteiger partial charge in [0.15, 0.2) is 11.5 Å². The first-order valence-electron chi connectivity index (χ1n) is 7.07. The van der Waals surface area contributed by atoms with Crippen LogP contribution in [0.5, 0.6) is 0 Å². The Hall–Kier alpha value is -0.880. The third-order valence-electron chi connectivity index (χ3n) is 3.67. The van der Waals surface area contributed by atoms with Crippen molar-refractivity contribution in [2.24, 2.45) is 0 Å². The Kier molecular flexibility index (Phi) is 6.04. The van der Waals surface area contributed by atoms with Gasteiger partial charge in [-0.15, -0.1) is 0 Å². The van der Waals surface area contributed by atoms with Crippen molar-refractivity contribution in [3.05, 3.63) is 17.5 Å². The summed E-state index contributed by atoms with van der Waals surface area (Å²) in [5.41, 5.74) is 0.378. The van der Waals surface area contributed by atoms with Crippen molar-refractivity contribution in [2.45, 2.75) is 44.8 Å². The second-order valence-corrected chi connectivity index (χ2v) is 5.88. The number of alkyl halides is 1. The van der Waals surface area contributed by atoms with Crippen LogP contribution in [0.15, 0.2) is 10.6 Å². The molecule has 1 amide bonds. The highest BCUT2D eigenvalue weighted by atomic mass is 79.9. The molecule has 0 radical (unpaired) electrons. The van der Waals surface area contributed by atoms with E-state index in [2.05, 4.69) is 21.1 Å². The average molecular weight is 345 g/mol. The normalized spacial score (nSPS) is 16.3. The van der Waals surface area contributed by atoms with E-state index in [1.54, 1.807) is 13.2 Å². The lowest BCUT2D eigenvalue weighted by molar-refractivity contribution is 0.0640. The van der Waals surface area contributed by atoms with Crippen LogP contribution in [0.25, 0.3) is 0 Å². The van der Waals surface area contributed by atoms with Gasteiger partial charge in [-0.2, -0.15) is 0 Å². The van der Waals surface area contributed by atoms with Crippen molar-refractivity contribution in [2.75, 3.05) is 19.0 Å². The predicted molar refractivity (Wildman–Crippen MR) is 78.9 cm³/mol. The number of methoxy groups -OCH3 is 1. The molecule has 1 aliphatic carbocycles. The lowest BCUT2D eigenvalue weighted by atomic mass is 9.94. The fraction of sp³-hybridized carbons (Fsp3) is 0.714. The molecule has 5 nitrogen and oxygen atoms in total. The summed E-state index contributed by atoms with van der Waals surface area (Å²) in [4.78, 5) is 14.5. The van der Waals surface area contributed by atoms with E-state index >= 15 is 0 Å². The van der Waals surface area contributed by atoms with Gasteiger partial charge in [0.2, 0.25) is 0 Å². The first-order valence-corrected chi connectivity index (χ1v) is 8.20. The molecule has 1 saturated carbocycles. The van der Waals surface area contributed by atoms with Crippen molar-refractivity contribution in [1.29, 1.82) is 0 Å². The molecule has 20 heavy (non-hydrogen) atoms. The van der Waals surface area contributed by atoms with E-state index in [1.165, 1.54) is 19.3 Å². The molecule has 2 rings (SSSR count). The third-order valence-corrected chi connectivity index (χ3v) is 4.02. The summed E-state index contributed by atoms with van der Waals surface area (Å²) in [6.45, 7) is 1.04. The molecule has 0 spiro atoms. The van der Waals surface area contributed by atoms with Crippen molar-refractivity contribution >= 4 is 21.8 Å². The molecule has 1 aliphatic rings. The predicted octanol–water partition coefficient (Wildman–Crippen LogP) is 2.99. The molecule has 0 bridgehead atoms. The summed E-state index contributed by atoms with van der Waals surface area (Å²) in [7, 11) is 1.59. The second kappa shape index (κ2) is 7.78. The van der Waals surface area contributed by atoms with E-state index in [9.17, 15) is 4.79 Å². The Morgan fingerprint density at radius 2 is 2.25 bits per heavy atom. The van der Waals surface area contributed by atoms with E-state index in [-0.39, 0.29) is 5.91 Å². The Morgan fingerprint density at radius 3 is 2.90 bits per heavy atom. The Balaban J connectivity index is 2.08. The van der Waals surface area contributed by atoms with E-state index in [4.69, 9.17) is 9.26 Å². The lowest BCUT2D eigenvalue weighted by Gasteiger charge is -2.33. The third kappa shape index (κ3) is 3.82. The molecule has 1 aromatic heterocycles. The zero-order valence-electron chi connectivity index (χ0n) is 11.8. The van der Waals surface area contributed by atoms with Crippen LogP contribution in [0, 0.1) is 0 Å². The SMILES string of the molecule is COCc1cc(C(=O)N(CCBr)C2CCCCC2)no1. The Labute approximate surface area is 127 Å². The van der Waals surface area contributed by atoms with Crippen LogP contribution in [0.3, 0.4) is 0 Å². The quantitative estimate of drug-likeness (QED) is 0.744. The second-order valence-electron chi connectivity index (χ2n) is 5.09. The summed E-state index contributed by atoms with van der Waals surface area (Å²) < 4.78 is 10.1. The molecule has 0 atom stereocenters. The molecule has 0 saturated heterocycles. The number of ether oxygens (including phenoxy) is 1. The highest BCUT2D eigenvalue weighted by Gasteiger charge is 2.27. The fourth-order valence-electron chi connectivity index (χ4n) is 2.70. The summed E-state index contributed by atoms with van der Waals surface area (Å²) in [6.07, 6.45) is 5.84. The molecule has 112 valence electrons. The highest BCUT2D eigenvalue weighted by molar-refractivity contribution is 9.09. The molecular formula is C14H21BrN2O3. The molecule has 0 unspecified atom stereocenters. The summed E-state index contributed by atoms with van der Waals surface area (Å²) in [6, 6.07) is 2.01. The number of amides is 1. The molecule has 1 fully saturated rings. The maximum absolute atomic E-state index is 12.6. The number of halogens is 1. The number of aromatic nitrogens is 1.